The minimum atomic E-state index is -0.367. The van der Waals surface area contributed by atoms with Gasteiger partial charge in [0.2, 0.25) is 0 Å². The van der Waals surface area contributed by atoms with E-state index in [2.05, 4.69) is 15.5 Å². The van der Waals surface area contributed by atoms with Crippen LogP contribution in [0.5, 0.6) is 0 Å². The van der Waals surface area contributed by atoms with Crippen molar-refractivity contribution in [3.05, 3.63) is 35.7 Å². The third-order valence-electron chi connectivity index (χ3n) is 3.16. The van der Waals surface area contributed by atoms with Gasteiger partial charge in [-0.05, 0) is 44.0 Å². The van der Waals surface area contributed by atoms with E-state index in [0.29, 0.717) is 36.7 Å². The van der Waals surface area contributed by atoms with Crippen LogP contribution in [-0.4, -0.2) is 33.8 Å². The number of nitrogens with zero attached hydrogens (tertiary/aromatic N) is 2. The number of carbonyl (C=O) groups is 1. The number of hydrogen-bond acceptors (Lipinski definition) is 5. The first kappa shape index (κ1) is 15.2. The summed E-state index contributed by atoms with van der Waals surface area (Å²) in [4.78, 5) is 16.0. The summed E-state index contributed by atoms with van der Waals surface area (Å²) in [6.07, 6.45) is 0.879. The molecule has 1 unspecified atom stereocenters. The van der Waals surface area contributed by atoms with Crippen molar-refractivity contribution in [3.63, 3.8) is 0 Å². The fourth-order valence-electron chi connectivity index (χ4n) is 1.84. The Morgan fingerprint density at radius 1 is 1.38 bits per heavy atom. The van der Waals surface area contributed by atoms with Gasteiger partial charge in [-0.2, -0.15) is 4.98 Å². The second-order valence-electron chi connectivity index (χ2n) is 4.83. The van der Waals surface area contributed by atoms with Crippen LogP contribution in [0.25, 0.3) is 11.5 Å². The summed E-state index contributed by atoms with van der Waals surface area (Å²) < 4.78 is 5.06. The fraction of sp³-hybridized carbons (Fsp3) is 0.400. The molecule has 1 aromatic heterocycles. The Hall–Kier alpha value is -2.21. The Balaban J connectivity index is 1.94. The van der Waals surface area contributed by atoms with Crippen LogP contribution in [0.4, 0.5) is 0 Å². The van der Waals surface area contributed by atoms with E-state index in [1.807, 2.05) is 6.92 Å². The molecule has 0 bridgehead atoms. The van der Waals surface area contributed by atoms with Crippen LogP contribution < -0.4 is 5.32 Å². The third kappa shape index (κ3) is 4.13. The molecule has 0 aliphatic rings. The van der Waals surface area contributed by atoms with E-state index in [4.69, 9.17) is 4.52 Å². The molecular weight excluding hydrogens is 270 g/mol. The highest BCUT2D eigenvalue weighted by Gasteiger charge is 2.09. The minimum Gasteiger partial charge on any atom is -0.393 e. The van der Waals surface area contributed by atoms with E-state index < -0.39 is 0 Å². The molecular formula is C15H19N3O3. The second-order valence-corrected chi connectivity index (χ2v) is 4.83. The molecule has 6 nitrogen and oxygen atoms in total. The average molecular weight is 289 g/mol. The second kappa shape index (κ2) is 6.99. The molecule has 0 saturated carbocycles. The summed E-state index contributed by atoms with van der Waals surface area (Å²) in [5.74, 6) is 0.846. The lowest BCUT2D eigenvalue weighted by Crippen LogP contribution is -2.26. The predicted molar refractivity (Wildman–Crippen MR) is 77.7 cm³/mol. The van der Waals surface area contributed by atoms with Gasteiger partial charge in [-0.25, -0.2) is 0 Å². The van der Waals surface area contributed by atoms with Crippen molar-refractivity contribution in [1.29, 1.82) is 0 Å². The molecule has 2 N–H and O–H groups in total. The summed E-state index contributed by atoms with van der Waals surface area (Å²) in [5.41, 5.74) is 1.33. The van der Waals surface area contributed by atoms with Crippen LogP contribution in [0.2, 0.25) is 0 Å². The zero-order valence-corrected chi connectivity index (χ0v) is 12.2. The maximum atomic E-state index is 11.9. The van der Waals surface area contributed by atoms with E-state index in [9.17, 15) is 9.90 Å². The molecule has 0 spiro atoms. The maximum Gasteiger partial charge on any atom is 0.257 e. The first-order chi connectivity index (χ1) is 10.1. The summed E-state index contributed by atoms with van der Waals surface area (Å²) in [5, 5.41) is 15.9. The molecule has 1 amide bonds. The van der Waals surface area contributed by atoms with E-state index in [-0.39, 0.29) is 12.0 Å². The van der Waals surface area contributed by atoms with Crippen molar-refractivity contribution in [3.8, 4) is 11.5 Å². The number of rotatable bonds is 6. The average Bonchev–Trinajstić information content (AvgIpc) is 2.93. The summed E-state index contributed by atoms with van der Waals surface area (Å²) in [6, 6.07) is 6.95. The molecule has 2 rings (SSSR count). The van der Waals surface area contributed by atoms with Crippen LogP contribution in [0.15, 0.2) is 28.8 Å². The van der Waals surface area contributed by atoms with Crippen LogP contribution in [0, 0.1) is 6.92 Å². The van der Waals surface area contributed by atoms with Crippen molar-refractivity contribution >= 4 is 5.91 Å². The van der Waals surface area contributed by atoms with Gasteiger partial charge in [0, 0.05) is 17.7 Å². The van der Waals surface area contributed by atoms with Crippen LogP contribution in [-0.2, 0) is 0 Å². The molecule has 0 saturated heterocycles. The molecule has 0 aliphatic carbocycles. The van der Waals surface area contributed by atoms with E-state index >= 15 is 0 Å². The molecule has 112 valence electrons. The predicted octanol–water partition coefficient (Wildman–Crippen LogP) is 1.94. The lowest BCUT2D eigenvalue weighted by atomic mass is 10.1. The largest absolute Gasteiger partial charge is 0.393 e. The molecule has 1 aromatic carbocycles. The molecule has 1 atom stereocenters. The van der Waals surface area contributed by atoms with Gasteiger partial charge in [-0.1, -0.05) is 12.1 Å². The zero-order chi connectivity index (χ0) is 15.2. The topological polar surface area (TPSA) is 88.2 Å². The van der Waals surface area contributed by atoms with Crippen LogP contribution >= 0.6 is 0 Å². The zero-order valence-electron chi connectivity index (χ0n) is 12.2. The highest BCUT2D eigenvalue weighted by Crippen LogP contribution is 2.17. The van der Waals surface area contributed by atoms with E-state index in [1.165, 1.54) is 0 Å². The van der Waals surface area contributed by atoms with Crippen LogP contribution in [0.3, 0.4) is 0 Å². The minimum absolute atomic E-state index is 0.161. The Bertz CT molecular complexity index is 592. The maximum absolute atomic E-state index is 11.9. The van der Waals surface area contributed by atoms with Crippen molar-refractivity contribution in [2.45, 2.75) is 32.8 Å². The first-order valence-corrected chi connectivity index (χ1v) is 6.97. The van der Waals surface area contributed by atoms with Crippen molar-refractivity contribution in [2.75, 3.05) is 6.54 Å². The number of aryl methyl sites for hydroxylation is 1. The molecule has 21 heavy (non-hydrogen) atoms. The Morgan fingerprint density at radius 3 is 2.67 bits per heavy atom. The highest BCUT2D eigenvalue weighted by atomic mass is 16.5. The Kier molecular flexibility index (Phi) is 5.05. The number of aromatic nitrogens is 2. The molecule has 6 heteroatoms. The molecule has 1 heterocycles. The smallest absolute Gasteiger partial charge is 0.257 e. The summed E-state index contributed by atoms with van der Waals surface area (Å²) in [6.45, 7) is 4.11. The molecule has 2 aromatic rings. The number of aliphatic hydroxyl groups is 1. The van der Waals surface area contributed by atoms with E-state index in [1.54, 1.807) is 31.2 Å². The summed E-state index contributed by atoms with van der Waals surface area (Å²) in [7, 11) is 0. The fourth-order valence-corrected chi connectivity index (χ4v) is 1.84. The SMILES string of the molecule is CCC(O)CCNC(=O)c1ccc(-c2nc(C)no2)cc1. The Labute approximate surface area is 123 Å². The highest BCUT2D eigenvalue weighted by molar-refractivity contribution is 5.94. The van der Waals surface area contributed by atoms with Crippen molar-refractivity contribution in [1.82, 2.24) is 15.5 Å². The van der Waals surface area contributed by atoms with Gasteiger partial charge in [0.25, 0.3) is 11.8 Å². The number of nitrogens with one attached hydrogen (secondary N) is 1. The van der Waals surface area contributed by atoms with Gasteiger partial charge >= 0.3 is 0 Å². The first-order valence-electron chi connectivity index (χ1n) is 6.97. The van der Waals surface area contributed by atoms with Crippen molar-refractivity contribution in [2.24, 2.45) is 0 Å². The normalized spacial score (nSPS) is 12.1. The van der Waals surface area contributed by atoms with Crippen molar-refractivity contribution < 1.29 is 14.4 Å². The number of amides is 1. The van der Waals surface area contributed by atoms with Gasteiger partial charge in [-0.15, -0.1) is 0 Å². The number of benzene rings is 1. The molecule has 0 radical (unpaired) electrons. The molecule has 0 fully saturated rings. The number of carbonyl (C=O) groups excluding carboxylic acids is 1. The van der Waals surface area contributed by atoms with Gasteiger partial charge in [0.15, 0.2) is 5.82 Å². The van der Waals surface area contributed by atoms with Crippen LogP contribution in [0.1, 0.15) is 35.9 Å². The number of aliphatic hydroxyl groups excluding tert-OH is 1. The van der Waals surface area contributed by atoms with Gasteiger partial charge in [0.05, 0.1) is 6.10 Å². The quantitative estimate of drug-likeness (QED) is 0.848. The lowest BCUT2D eigenvalue weighted by molar-refractivity contribution is 0.0942. The lowest BCUT2D eigenvalue weighted by Gasteiger charge is -2.09. The monoisotopic (exact) mass is 289 g/mol. The molecule has 0 aliphatic heterocycles. The number of hydrogen-bond donors (Lipinski definition) is 2. The standard InChI is InChI=1S/C15H19N3O3/c1-3-13(19)8-9-16-14(20)11-4-6-12(7-5-11)15-17-10(2)18-21-15/h4-7,13,19H,3,8-9H2,1-2H3,(H,16,20). The Morgan fingerprint density at radius 2 is 2.10 bits per heavy atom. The van der Waals surface area contributed by atoms with E-state index in [0.717, 1.165) is 5.56 Å². The third-order valence-corrected chi connectivity index (χ3v) is 3.16. The van der Waals surface area contributed by atoms with Gasteiger partial charge in [-0.3, -0.25) is 4.79 Å². The van der Waals surface area contributed by atoms with Gasteiger partial charge in [0.1, 0.15) is 0 Å². The van der Waals surface area contributed by atoms with Gasteiger partial charge < -0.3 is 14.9 Å². The summed E-state index contributed by atoms with van der Waals surface area (Å²) >= 11 is 0.